The van der Waals surface area contributed by atoms with Crippen molar-refractivity contribution in [3.63, 3.8) is 0 Å². The van der Waals surface area contributed by atoms with Crippen molar-refractivity contribution in [2.24, 2.45) is 4.99 Å². The number of sulfonamides is 1. The summed E-state index contributed by atoms with van der Waals surface area (Å²) < 4.78 is 25.8. The van der Waals surface area contributed by atoms with Gasteiger partial charge in [0.15, 0.2) is 5.96 Å². The van der Waals surface area contributed by atoms with Gasteiger partial charge in [-0.3, -0.25) is 4.99 Å². The van der Waals surface area contributed by atoms with Crippen molar-refractivity contribution in [2.75, 3.05) is 27.2 Å². The third kappa shape index (κ3) is 6.06. The molecule has 1 atom stereocenters. The highest BCUT2D eigenvalue weighted by atomic mass is 32.2. The number of hydrogen-bond donors (Lipinski definition) is 4. The molecule has 4 N–H and O–H groups in total. The highest BCUT2D eigenvalue weighted by Gasteiger charge is 2.12. The normalized spacial score (nSPS) is 13.2. The molecule has 0 aliphatic rings. The number of hydrogen-bond acceptors (Lipinski definition) is 4. The summed E-state index contributed by atoms with van der Waals surface area (Å²) >= 11 is 0. The molecule has 8 heteroatoms. The van der Waals surface area contributed by atoms with Crippen LogP contribution in [0.3, 0.4) is 0 Å². The molecule has 2 aromatic rings. The maximum absolute atomic E-state index is 11.7. The Hall–Kier alpha value is -2.42. The van der Waals surface area contributed by atoms with Gasteiger partial charge in [-0.2, -0.15) is 0 Å². The van der Waals surface area contributed by atoms with Gasteiger partial charge in [-0.05, 0) is 30.3 Å². The summed E-state index contributed by atoms with van der Waals surface area (Å²) in [6.07, 6.45) is 0. The molecule has 27 heavy (non-hydrogen) atoms. The first-order valence-corrected chi connectivity index (χ1v) is 10.1. The Bertz CT molecular complexity index is 837. The Kier molecular flexibility index (Phi) is 7.78. The van der Waals surface area contributed by atoms with Crippen LogP contribution < -0.4 is 15.4 Å². The van der Waals surface area contributed by atoms with Gasteiger partial charge in [-0.1, -0.05) is 42.5 Å². The predicted molar refractivity (Wildman–Crippen MR) is 107 cm³/mol. The first-order valence-electron chi connectivity index (χ1n) is 8.63. The monoisotopic (exact) mass is 390 g/mol. The number of nitrogens with zero attached hydrogens (tertiary/aromatic N) is 1. The van der Waals surface area contributed by atoms with E-state index in [4.69, 9.17) is 0 Å². The van der Waals surface area contributed by atoms with E-state index in [1.54, 1.807) is 31.3 Å². The number of rotatable bonds is 8. The second-order valence-electron chi connectivity index (χ2n) is 5.95. The highest BCUT2D eigenvalue weighted by Crippen LogP contribution is 2.13. The van der Waals surface area contributed by atoms with Crippen molar-refractivity contribution in [1.82, 2.24) is 15.4 Å². The van der Waals surface area contributed by atoms with Crippen molar-refractivity contribution in [2.45, 2.75) is 17.4 Å². The quantitative estimate of drug-likeness (QED) is 0.398. The average molecular weight is 391 g/mol. The lowest BCUT2D eigenvalue weighted by molar-refractivity contribution is 0.265. The number of aliphatic hydroxyl groups excluding tert-OH is 1. The Balaban J connectivity index is 1.90. The van der Waals surface area contributed by atoms with Crippen LogP contribution in [0, 0.1) is 0 Å². The van der Waals surface area contributed by atoms with E-state index >= 15 is 0 Å². The fourth-order valence-corrected chi connectivity index (χ4v) is 3.27. The second-order valence-corrected chi connectivity index (χ2v) is 7.83. The van der Waals surface area contributed by atoms with Crippen LogP contribution in [0.5, 0.6) is 0 Å². The van der Waals surface area contributed by atoms with E-state index in [0.29, 0.717) is 19.0 Å². The number of guanidine groups is 1. The predicted octanol–water partition coefficient (Wildman–Crippen LogP) is 1.04. The zero-order chi connectivity index (χ0) is 19.7. The number of aliphatic imine (C=N–C) groups is 1. The summed E-state index contributed by atoms with van der Waals surface area (Å²) in [5.74, 6) is 0.576. The van der Waals surface area contributed by atoms with E-state index in [2.05, 4.69) is 20.3 Å². The minimum atomic E-state index is -3.43. The molecule has 1 unspecified atom stereocenters. The zero-order valence-electron chi connectivity index (χ0n) is 15.5. The third-order valence-electron chi connectivity index (χ3n) is 4.19. The smallest absolute Gasteiger partial charge is 0.240 e. The van der Waals surface area contributed by atoms with Crippen LogP contribution in [0.1, 0.15) is 17.0 Å². The molecule has 0 saturated heterocycles. The second kappa shape index (κ2) is 10.1. The van der Waals surface area contributed by atoms with Crippen molar-refractivity contribution < 1.29 is 13.5 Å². The summed E-state index contributed by atoms with van der Waals surface area (Å²) in [6.45, 7) is 1.07. The van der Waals surface area contributed by atoms with Crippen molar-refractivity contribution in [1.29, 1.82) is 0 Å². The lowest BCUT2D eigenvalue weighted by Gasteiger charge is -2.18. The molecular formula is C19H26N4O3S. The Morgan fingerprint density at radius 2 is 1.74 bits per heavy atom. The van der Waals surface area contributed by atoms with Gasteiger partial charge in [0, 0.05) is 26.1 Å². The summed E-state index contributed by atoms with van der Waals surface area (Å²) in [4.78, 5) is 4.41. The van der Waals surface area contributed by atoms with Crippen LogP contribution in [0.15, 0.2) is 64.5 Å². The van der Waals surface area contributed by atoms with E-state index in [0.717, 1.165) is 11.1 Å². The minimum absolute atomic E-state index is 0.0317. The molecule has 2 rings (SSSR count). The van der Waals surface area contributed by atoms with Crippen LogP contribution in [-0.2, 0) is 16.6 Å². The summed E-state index contributed by atoms with van der Waals surface area (Å²) in [6, 6.07) is 16.5. The topological polar surface area (TPSA) is 103 Å². The van der Waals surface area contributed by atoms with Crippen molar-refractivity contribution >= 4 is 16.0 Å². The van der Waals surface area contributed by atoms with Crippen molar-refractivity contribution in [3.05, 3.63) is 65.7 Å². The fourth-order valence-electron chi connectivity index (χ4n) is 2.54. The van der Waals surface area contributed by atoms with E-state index in [9.17, 15) is 13.5 Å². The Morgan fingerprint density at radius 3 is 2.30 bits per heavy atom. The summed E-state index contributed by atoms with van der Waals surface area (Å²) in [7, 11) is -0.369. The van der Waals surface area contributed by atoms with Crippen LogP contribution in [0.4, 0.5) is 0 Å². The Morgan fingerprint density at radius 1 is 1.07 bits per heavy atom. The molecule has 0 aliphatic heterocycles. The van der Waals surface area contributed by atoms with E-state index < -0.39 is 10.0 Å². The zero-order valence-corrected chi connectivity index (χ0v) is 16.3. The van der Waals surface area contributed by atoms with Crippen LogP contribution >= 0.6 is 0 Å². The molecule has 2 aromatic carbocycles. The molecule has 0 radical (unpaired) electrons. The maximum Gasteiger partial charge on any atom is 0.240 e. The summed E-state index contributed by atoms with van der Waals surface area (Å²) in [5.41, 5.74) is 1.99. The first kappa shape index (κ1) is 20.9. The molecular weight excluding hydrogens is 364 g/mol. The number of nitrogens with one attached hydrogen (secondary N) is 3. The molecule has 0 aromatic heterocycles. The maximum atomic E-state index is 11.7. The van der Waals surface area contributed by atoms with Gasteiger partial charge < -0.3 is 15.7 Å². The molecule has 146 valence electrons. The molecule has 0 heterocycles. The lowest BCUT2D eigenvalue weighted by Crippen LogP contribution is -2.39. The molecule has 0 saturated carbocycles. The molecule has 7 nitrogen and oxygen atoms in total. The SMILES string of the molecule is CN=C(NCc1ccc(S(=O)(=O)NC)cc1)NCC(CO)c1ccccc1. The third-order valence-corrected chi connectivity index (χ3v) is 5.62. The van der Waals surface area contributed by atoms with E-state index in [1.165, 1.54) is 7.05 Å². The molecule has 0 spiro atoms. The molecule has 0 bridgehead atoms. The van der Waals surface area contributed by atoms with Crippen molar-refractivity contribution in [3.8, 4) is 0 Å². The molecule has 0 fully saturated rings. The molecule has 0 amide bonds. The van der Waals surface area contributed by atoms with E-state index in [-0.39, 0.29) is 17.4 Å². The standard InChI is InChI=1S/C19H26N4O3S/c1-20-19(23-13-17(14-24)16-6-4-3-5-7-16)22-12-15-8-10-18(11-9-15)27(25,26)21-2/h3-11,17,21,24H,12-14H2,1-2H3,(H2,20,22,23). The van der Waals surface area contributed by atoms with E-state index in [1.807, 2.05) is 30.3 Å². The minimum Gasteiger partial charge on any atom is -0.396 e. The van der Waals surface area contributed by atoms with Gasteiger partial charge in [0.05, 0.1) is 11.5 Å². The summed E-state index contributed by atoms with van der Waals surface area (Å²) in [5, 5.41) is 16.0. The highest BCUT2D eigenvalue weighted by molar-refractivity contribution is 7.89. The number of benzene rings is 2. The van der Waals surface area contributed by atoms with Gasteiger partial charge >= 0.3 is 0 Å². The molecule has 0 aliphatic carbocycles. The van der Waals surface area contributed by atoms with Gasteiger partial charge in [-0.15, -0.1) is 0 Å². The van der Waals surface area contributed by atoms with Gasteiger partial charge in [0.25, 0.3) is 0 Å². The lowest BCUT2D eigenvalue weighted by atomic mass is 10.0. The van der Waals surface area contributed by atoms with Crippen LogP contribution in [0.2, 0.25) is 0 Å². The van der Waals surface area contributed by atoms with Gasteiger partial charge in [0.2, 0.25) is 10.0 Å². The largest absolute Gasteiger partial charge is 0.396 e. The van der Waals surface area contributed by atoms with Crippen LogP contribution in [0.25, 0.3) is 0 Å². The average Bonchev–Trinajstić information content (AvgIpc) is 2.71. The Labute approximate surface area is 160 Å². The van der Waals surface area contributed by atoms with Crippen LogP contribution in [-0.4, -0.2) is 46.7 Å². The van der Waals surface area contributed by atoms with Gasteiger partial charge in [0.1, 0.15) is 0 Å². The van der Waals surface area contributed by atoms with Gasteiger partial charge in [-0.25, -0.2) is 13.1 Å². The number of aliphatic hydroxyl groups is 1. The fraction of sp³-hybridized carbons (Fsp3) is 0.316. The first-order chi connectivity index (χ1) is 13.0.